The van der Waals surface area contributed by atoms with Crippen molar-refractivity contribution in [3.05, 3.63) is 54.6 Å². The zero-order valence-corrected chi connectivity index (χ0v) is 17.8. The Morgan fingerprint density at radius 1 is 1.25 bits per heavy atom. The standard InChI is InChI=1S/C23H25N7O2/c1-29-21-10-22(30-7-5-15(14-31)6-8-30)20(9-16(21)13-26-29)28-23(32)19-4-2-3-18(27-19)17-11-24-25-12-17/h2-4,9-13,15,31H,5-8,14H2,1H3,(H,24,25)(H,28,32). The summed E-state index contributed by atoms with van der Waals surface area (Å²) in [6.45, 7) is 1.87. The van der Waals surface area contributed by atoms with Gasteiger partial charge in [0.25, 0.3) is 5.91 Å². The number of amides is 1. The first-order chi connectivity index (χ1) is 15.6. The predicted octanol–water partition coefficient (Wildman–Crippen LogP) is 2.82. The zero-order chi connectivity index (χ0) is 22.1. The van der Waals surface area contributed by atoms with Crippen molar-refractivity contribution in [1.82, 2.24) is 25.0 Å². The number of hydrogen-bond donors (Lipinski definition) is 3. The summed E-state index contributed by atoms with van der Waals surface area (Å²) in [4.78, 5) is 19.9. The zero-order valence-electron chi connectivity index (χ0n) is 17.8. The largest absolute Gasteiger partial charge is 0.396 e. The van der Waals surface area contributed by atoms with E-state index >= 15 is 0 Å². The number of nitrogens with one attached hydrogen (secondary N) is 2. The fourth-order valence-electron chi connectivity index (χ4n) is 4.21. The van der Waals surface area contributed by atoms with Gasteiger partial charge >= 0.3 is 0 Å². The Morgan fingerprint density at radius 2 is 2.09 bits per heavy atom. The molecular weight excluding hydrogens is 406 g/mol. The number of anilines is 2. The Hall–Kier alpha value is -3.72. The molecule has 0 spiro atoms. The second kappa shape index (κ2) is 8.43. The summed E-state index contributed by atoms with van der Waals surface area (Å²) in [5.41, 5.74) is 4.52. The average molecular weight is 432 g/mol. The van der Waals surface area contributed by atoms with Crippen molar-refractivity contribution in [2.75, 3.05) is 29.9 Å². The smallest absolute Gasteiger partial charge is 0.274 e. The third kappa shape index (κ3) is 3.82. The molecule has 4 aromatic rings. The molecule has 1 saturated heterocycles. The summed E-state index contributed by atoms with van der Waals surface area (Å²) in [6.07, 6.45) is 7.05. The van der Waals surface area contributed by atoms with Crippen LogP contribution in [0.15, 0.2) is 48.9 Å². The van der Waals surface area contributed by atoms with Crippen molar-refractivity contribution in [3.8, 4) is 11.3 Å². The lowest BCUT2D eigenvalue weighted by atomic mass is 9.97. The van der Waals surface area contributed by atoms with Gasteiger partial charge in [0.1, 0.15) is 5.69 Å². The number of aryl methyl sites for hydroxylation is 1. The van der Waals surface area contributed by atoms with Crippen LogP contribution in [0.1, 0.15) is 23.3 Å². The van der Waals surface area contributed by atoms with Crippen LogP contribution in [0.5, 0.6) is 0 Å². The quantitative estimate of drug-likeness (QED) is 0.448. The van der Waals surface area contributed by atoms with Gasteiger partial charge in [0.15, 0.2) is 0 Å². The molecule has 4 heterocycles. The normalized spacial score (nSPS) is 14.8. The van der Waals surface area contributed by atoms with E-state index in [2.05, 4.69) is 36.6 Å². The van der Waals surface area contributed by atoms with Gasteiger partial charge < -0.3 is 15.3 Å². The molecular formula is C23H25N7O2. The molecule has 9 nitrogen and oxygen atoms in total. The number of H-pyrrole nitrogens is 1. The highest BCUT2D eigenvalue weighted by atomic mass is 16.3. The maximum Gasteiger partial charge on any atom is 0.274 e. The number of pyridine rings is 1. The van der Waals surface area contributed by atoms with Gasteiger partial charge in [-0.1, -0.05) is 6.07 Å². The molecule has 0 unspecified atom stereocenters. The van der Waals surface area contributed by atoms with Gasteiger partial charge in [0, 0.05) is 43.9 Å². The van der Waals surface area contributed by atoms with E-state index in [0.29, 0.717) is 17.3 Å². The van der Waals surface area contributed by atoms with Crippen LogP contribution >= 0.6 is 0 Å². The van der Waals surface area contributed by atoms with E-state index in [4.69, 9.17) is 0 Å². The number of nitrogens with zero attached hydrogens (tertiary/aromatic N) is 5. The Bertz CT molecular complexity index is 1240. The SMILES string of the molecule is Cn1ncc2cc(NC(=O)c3cccc(-c4cn[nH]c4)n3)c(N3CCC(CO)CC3)cc21. The molecule has 3 aromatic heterocycles. The summed E-state index contributed by atoms with van der Waals surface area (Å²) in [6, 6.07) is 9.41. The third-order valence-corrected chi connectivity index (χ3v) is 6.10. The van der Waals surface area contributed by atoms with E-state index in [1.807, 2.05) is 29.9 Å². The summed E-state index contributed by atoms with van der Waals surface area (Å²) >= 11 is 0. The van der Waals surface area contributed by atoms with Crippen LogP contribution in [0, 0.1) is 5.92 Å². The van der Waals surface area contributed by atoms with Crippen LogP contribution in [-0.2, 0) is 7.05 Å². The molecule has 1 aliphatic heterocycles. The van der Waals surface area contributed by atoms with Gasteiger partial charge in [-0.25, -0.2) is 4.98 Å². The minimum atomic E-state index is -0.273. The number of aliphatic hydroxyl groups is 1. The van der Waals surface area contributed by atoms with Crippen molar-refractivity contribution in [1.29, 1.82) is 0 Å². The second-order valence-electron chi connectivity index (χ2n) is 8.16. The Balaban J connectivity index is 1.47. The van der Waals surface area contributed by atoms with Gasteiger partial charge in [0.2, 0.25) is 0 Å². The number of aliphatic hydroxyl groups excluding tert-OH is 1. The molecule has 0 atom stereocenters. The van der Waals surface area contributed by atoms with Gasteiger partial charge in [-0.2, -0.15) is 10.2 Å². The number of fused-ring (bicyclic) bond motifs is 1. The first kappa shape index (κ1) is 20.2. The Labute approximate surface area is 185 Å². The number of piperidine rings is 1. The molecule has 5 rings (SSSR count). The molecule has 9 heteroatoms. The summed E-state index contributed by atoms with van der Waals surface area (Å²) in [5.74, 6) is 0.0599. The van der Waals surface area contributed by atoms with E-state index in [9.17, 15) is 9.90 Å². The third-order valence-electron chi connectivity index (χ3n) is 6.10. The first-order valence-electron chi connectivity index (χ1n) is 10.7. The molecule has 1 fully saturated rings. The van der Waals surface area contributed by atoms with Gasteiger partial charge in [-0.05, 0) is 43.0 Å². The summed E-state index contributed by atoms with van der Waals surface area (Å²) in [5, 5.41) is 24.6. The lowest BCUT2D eigenvalue weighted by Crippen LogP contribution is -2.35. The van der Waals surface area contributed by atoms with Crippen molar-refractivity contribution in [3.63, 3.8) is 0 Å². The van der Waals surface area contributed by atoms with Gasteiger partial charge in [0.05, 0.1) is 35.0 Å². The molecule has 1 aliphatic rings. The number of carbonyl (C=O) groups is 1. The summed E-state index contributed by atoms with van der Waals surface area (Å²) < 4.78 is 1.83. The molecule has 3 N–H and O–H groups in total. The number of rotatable bonds is 5. The van der Waals surface area contributed by atoms with Crippen LogP contribution in [0.25, 0.3) is 22.2 Å². The van der Waals surface area contributed by atoms with Crippen LogP contribution in [0.2, 0.25) is 0 Å². The number of hydrogen-bond acceptors (Lipinski definition) is 6. The van der Waals surface area contributed by atoms with E-state index < -0.39 is 0 Å². The van der Waals surface area contributed by atoms with Crippen molar-refractivity contribution >= 4 is 28.2 Å². The molecule has 32 heavy (non-hydrogen) atoms. The minimum Gasteiger partial charge on any atom is -0.396 e. The first-order valence-corrected chi connectivity index (χ1v) is 10.7. The highest BCUT2D eigenvalue weighted by molar-refractivity contribution is 6.06. The number of benzene rings is 1. The minimum absolute atomic E-state index is 0.219. The van der Waals surface area contributed by atoms with Crippen LogP contribution in [-0.4, -0.2) is 55.7 Å². The number of carbonyl (C=O) groups excluding carboxylic acids is 1. The highest BCUT2D eigenvalue weighted by Crippen LogP contribution is 2.34. The van der Waals surface area contributed by atoms with Crippen LogP contribution < -0.4 is 10.2 Å². The Morgan fingerprint density at radius 3 is 2.84 bits per heavy atom. The van der Waals surface area contributed by atoms with E-state index in [1.54, 1.807) is 24.7 Å². The van der Waals surface area contributed by atoms with Gasteiger partial charge in [-0.15, -0.1) is 0 Å². The van der Waals surface area contributed by atoms with Crippen molar-refractivity contribution < 1.29 is 9.90 Å². The molecule has 1 aromatic carbocycles. The average Bonchev–Trinajstić information content (AvgIpc) is 3.49. The van der Waals surface area contributed by atoms with Crippen molar-refractivity contribution in [2.45, 2.75) is 12.8 Å². The maximum atomic E-state index is 13.1. The predicted molar refractivity (Wildman–Crippen MR) is 123 cm³/mol. The Kier molecular flexibility index (Phi) is 5.32. The molecule has 0 aliphatic carbocycles. The van der Waals surface area contributed by atoms with Crippen LogP contribution in [0.3, 0.4) is 0 Å². The van der Waals surface area contributed by atoms with Gasteiger partial charge in [-0.3, -0.25) is 14.6 Å². The lowest BCUT2D eigenvalue weighted by molar-refractivity contribution is 0.102. The fraction of sp³-hybridized carbons (Fsp3) is 0.304. The maximum absolute atomic E-state index is 13.1. The van der Waals surface area contributed by atoms with E-state index in [1.165, 1.54) is 0 Å². The topological polar surface area (TPSA) is 112 Å². The monoisotopic (exact) mass is 431 g/mol. The molecule has 0 radical (unpaired) electrons. The number of aromatic nitrogens is 5. The molecule has 0 saturated carbocycles. The van der Waals surface area contributed by atoms with E-state index in [-0.39, 0.29) is 12.5 Å². The van der Waals surface area contributed by atoms with Crippen molar-refractivity contribution in [2.24, 2.45) is 13.0 Å². The highest BCUT2D eigenvalue weighted by Gasteiger charge is 2.23. The summed E-state index contributed by atoms with van der Waals surface area (Å²) in [7, 11) is 1.91. The lowest BCUT2D eigenvalue weighted by Gasteiger charge is -2.34. The second-order valence-corrected chi connectivity index (χ2v) is 8.16. The van der Waals surface area contributed by atoms with E-state index in [0.717, 1.165) is 53.8 Å². The fourth-order valence-corrected chi connectivity index (χ4v) is 4.21. The number of aromatic amines is 1. The molecule has 1 amide bonds. The van der Waals surface area contributed by atoms with Crippen LogP contribution in [0.4, 0.5) is 11.4 Å². The molecule has 0 bridgehead atoms. The molecule has 164 valence electrons.